The van der Waals surface area contributed by atoms with Crippen LogP contribution in [0.5, 0.6) is 5.75 Å². The van der Waals surface area contributed by atoms with E-state index in [2.05, 4.69) is 15.9 Å². The molecule has 2 aromatic rings. The van der Waals surface area contributed by atoms with Gasteiger partial charge in [-0.1, -0.05) is 12.1 Å². The molecule has 0 saturated carbocycles. The van der Waals surface area contributed by atoms with Crippen LogP contribution in [0.15, 0.2) is 36.8 Å². The van der Waals surface area contributed by atoms with Gasteiger partial charge < -0.3 is 9.30 Å². The Balaban J connectivity index is 2.38. The van der Waals surface area contributed by atoms with Crippen LogP contribution in [0.25, 0.3) is 5.69 Å². The van der Waals surface area contributed by atoms with Crippen LogP contribution in [0.1, 0.15) is 0 Å². The van der Waals surface area contributed by atoms with Crippen molar-refractivity contribution in [3.8, 4) is 11.4 Å². The topological polar surface area (TPSA) is 27.1 Å². The molecule has 1 aromatic carbocycles. The number of halogens is 2. The van der Waals surface area contributed by atoms with Crippen LogP contribution in [0, 0.1) is 6.20 Å². The molecule has 15 heavy (non-hydrogen) atoms. The van der Waals surface area contributed by atoms with Gasteiger partial charge in [0.1, 0.15) is 18.3 Å². The summed E-state index contributed by atoms with van der Waals surface area (Å²) in [5, 5.41) is 0. The third kappa shape index (κ3) is 2.12. The van der Waals surface area contributed by atoms with Crippen molar-refractivity contribution in [3.63, 3.8) is 0 Å². The smallest absolute Gasteiger partial charge is 0.387 e. The largest absolute Gasteiger partial charge is 0.433 e. The van der Waals surface area contributed by atoms with E-state index in [9.17, 15) is 8.78 Å². The van der Waals surface area contributed by atoms with Crippen LogP contribution in [-0.2, 0) is 0 Å². The number of imidazole rings is 1. The normalized spacial score (nSPS) is 10.6. The minimum atomic E-state index is -2.83. The monoisotopic (exact) mass is 209 g/mol. The SMILES string of the molecule is FC(F)Oc1ccccc1-n1c[c]nc1. The first-order chi connectivity index (χ1) is 7.27. The Kier molecular flexibility index (Phi) is 2.62. The maximum absolute atomic E-state index is 12.1. The van der Waals surface area contributed by atoms with Crippen molar-refractivity contribution >= 4 is 0 Å². The predicted octanol–water partition coefficient (Wildman–Crippen LogP) is 2.27. The molecule has 1 heterocycles. The van der Waals surface area contributed by atoms with Crippen LogP contribution in [-0.4, -0.2) is 16.2 Å². The van der Waals surface area contributed by atoms with Gasteiger partial charge in [-0.05, 0) is 12.1 Å². The van der Waals surface area contributed by atoms with Gasteiger partial charge in [0.2, 0.25) is 0 Å². The fraction of sp³-hybridized carbons (Fsp3) is 0.100. The molecule has 0 aliphatic rings. The Morgan fingerprint density at radius 3 is 2.80 bits per heavy atom. The molecule has 3 nitrogen and oxygen atoms in total. The van der Waals surface area contributed by atoms with Crippen molar-refractivity contribution in [2.45, 2.75) is 6.61 Å². The van der Waals surface area contributed by atoms with E-state index in [1.165, 1.54) is 18.6 Å². The van der Waals surface area contributed by atoms with Crippen molar-refractivity contribution < 1.29 is 13.5 Å². The average molecular weight is 209 g/mol. The van der Waals surface area contributed by atoms with Crippen molar-refractivity contribution in [2.75, 3.05) is 0 Å². The van der Waals surface area contributed by atoms with Crippen LogP contribution in [0.2, 0.25) is 0 Å². The van der Waals surface area contributed by atoms with Crippen molar-refractivity contribution in [2.24, 2.45) is 0 Å². The minimum Gasteiger partial charge on any atom is -0.433 e. The molecule has 0 spiro atoms. The summed E-state index contributed by atoms with van der Waals surface area (Å²) < 4.78 is 30.1. The summed E-state index contributed by atoms with van der Waals surface area (Å²) in [5.41, 5.74) is 0.506. The number of benzene rings is 1. The highest BCUT2D eigenvalue weighted by Crippen LogP contribution is 2.23. The van der Waals surface area contributed by atoms with Gasteiger partial charge in [-0.25, -0.2) is 4.98 Å². The first kappa shape index (κ1) is 9.64. The van der Waals surface area contributed by atoms with Crippen LogP contribution < -0.4 is 4.74 Å². The summed E-state index contributed by atoms with van der Waals surface area (Å²) >= 11 is 0. The first-order valence-electron chi connectivity index (χ1n) is 4.21. The summed E-state index contributed by atoms with van der Waals surface area (Å²) in [5.74, 6) is 0.110. The number of nitrogens with zero attached hydrogens (tertiary/aromatic N) is 2. The number of hydrogen-bond donors (Lipinski definition) is 0. The fourth-order valence-electron chi connectivity index (χ4n) is 1.22. The third-order valence-corrected chi connectivity index (χ3v) is 1.81. The van der Waals surface area contributed by atoms with Gasteiger partial charge in [0.25, 0.3) is 0 Å². The Bertz CT molecular complexity index is 429. The molecule has 0 aliphatic carbocycles. The summed E-state index contributed by atoms with van der Waals surface area (Å²) in [6, 6.07) is 6.49. The summed E-state index contributed by atoms with van der Waals surface area (Å²) in [7, 11) is 0. The maximum Gasteiger partial charge on any atom is 0.387 e. The molecule has 1 radical (unpaired) electrons. The van der Waals surface area contributed by atoms with E-state index in [1.54, 1.807) is 22.8 Å². The standard InChI is InChI=1S/C10H7F2N2O/c11-10(12)15-9-4-2-1-3-8(9)14-6-5-13-7-14/h1-4,6-7,10H. The molecule has 0 fully saturated rings. The molecule has 0 atom stereocenters. The third-order valence-electron chi connectivity index (χ3n) is 1.81. The molecule has 0 saturated heterocycles. The Hall–Kier alpha value is -1.91. The molecule has 5 heteroatoms. The zero-order valence-electron chi connectivity index (χ0n) is 7.60. The van der Waals surface area contributed by atoms with E-state index in [4.69, 9.17) is 0 Å². The number of para-hydroxylation sites is 2. The highest BCUT2D eigenvalue weighted by Gasteiger charge is 2.09. The number of rotatable bonds is 3. The summed E-state index contributed by atoms with van der Waals surface area (Å²) in [6.45, 7) is -2.83. The highest BCUT2D eigenvalue weighted by molar-refractivity contribution is 5.46. The number of aromatic nitrogens is 2. The number of ether oxygens (including phenoxy) is 1. The van der Waals surface area contributed by atoms with E-state index >= 15 is 0 Å². The van der Waals surface area contributed by atoms with Gasteiger partial charge in [0.15, 0.2) is 0 Å². The molecule has 1 aromatic heterocycles. The van der Waals surface area contributed by atoms with E-state index in [0.29, 0.717) is 5.69 Å². The van der Waals surface area contributed by atoms with Crippen molar-refractivity contribution in [3.05, 3.63) is 43.0 Å². The fourth-order valence-corrected chi connectivity index (χ4v) is 1.22. The van der Waals surface area contributed by atoms with Gasteiger partial charge >= 0.3 is 6.61 Å². The Morgan fingerprint density at radius 1 is 1.33 bits per heavy atom. The lowest BCUT2D eigenvalue weighted by Gasteiger charge is -2.10. The first-order valence-corrected chi connectivity index (χ1v) is 4.21. The molecule has 0 unspecified atom stereocenters. The number of hydrogen-bond acceptors (Lipinski definition) is 2. The van der Waals surface area contributed by atoms with Gasteiger partial charge in [-0.15, -0.1) is 0 Å². The summed E-state index contributed by atoms with van der Waals surface area (Å²) in [6.07, 6.45) is 5.58. The van der Waals surface area contributed by atoms with Crippen LogP contribution in [0.3, 0.4) is 0 Å². The quantitative estimate of drug-likeness (QED) is 0.775. The Morgan fingerprint density at radius 2 is 2.13 bits per heavy atom. The molecule has 0 amide bonds. The van der Waals surface area contributed by atoms with Gasteiger partial charge in [0.05, 0.1) is 5.69 Å². The van der Waals surface area contributed by atoms with E-state index in [0.717, 1.165) is 0 Å². The zero-order valence-corrected chi connectivity index (χ0v) is 7.60. The predicted molar refractivity (Wildman–Crippen MR) is 49.0 cm³/mol. The van der Waals surface area contributed by atoms with Crippen molar-refractivity contribution in [1.29, 1.82) is 0 Å². The molecule has 0 bridgehead atoms. The second kappa shape index (κ2) is 4.08. The summed E-state index contributed by atoms with van der Waals surface area (Å²) in [4.78, 5) is 3.71. The molecular formula is C10H7F2N2O. The van der Waals surface area contributed by atoms with Crippen molar-refractivity contribution in [1.82, 2.24) is 9.55 Å². The maximum atomic E-state index is 12.1. The number of alkyl halides is 2. The zero-order chi connectivity index (χ0) is 10.7. The minimum absolute atomic E-state index is 0.110. The molecule has 0 N–H and O–H groups in total. The second-order valence-electron chi connectivity index (χ2n) is 2.76. The van der Waals surface area contributed by atoms with Gasteiger partial charge in [0, 0.05) is 6.20 Å². The molecule has 2 rings (SSSR count). The molecular weight excluding hydrogens is 202 g/mol. The average Bonchev–Trinajstić information content (AvgIpc) is 2.70. The Labute approximate surface area is 84.9 Å². The lowest BCUT2D eigenvalue weighted by atomic mass is 10.3. The van der Waals surface area contributed by atoms with Gasteiger partial charge in [-0.2, -0.15) is 8.78 Å². The highest BCUT2D eigenvalue weighted by atomic mass is 19.3. The lowest BCUT2D eigenvalue weighted by Crippen LogP contribution is -2.05. The van der Waals surface area contributed by atoms with E-state index < -0.39 is 6.61 Å². The lowest BCUT2D eigenvalue weighted by molar-refractivity contribution is -0.0498. The molecule has 0 aliphatic heterocycles. The van der Waals surface area contributed by atoms with Gasteiger partial charge in [-0.3, -0.25) is 0 Å². The van der Waals surface area contributed by atoms with Crippen LogP contribution >= 0.6 is 0 Å². The molecule has 77 valence electrons. The van der Waals surface area contributed by atoms with E-state index in [1.807, 2.05) is 0 Å². The van der Waals surface area contributed by atoms with Crippen LogP contribution in [0.4, 0.5) is 8.78 Å². The van der Waals surface area contributed by atoms with E-state index in [-0.39, 0.29) is 5.75 Å². The second-order valence-corrected chi connectivity index (χ2v) is 2.76.